The fourth-order valence-corrected chi connectivity index (χ4v) is 4.80. The number of hydrogen-bond acceptors (Lipinski definition) is 4. The van der Waals surface area contributed by atoms with Crippen LogP contribution in [0, 0.1) is 6.92 Å². The largest absolute Gasteiger partial charge is 0.512 e. The average Bonchev–Trinajstić information content (AvgIpc) is 2.88. The molecule has 4 nitrogen and oxygen atoms in total. The standard InChI is InChI=1S/C32H28O4/c1-20-2-4-23(5-3-20)32(28-18-24(10-16-30(28)35)21-6-12-26(33)13-7-21)29-19-25(11-17-31(29)36)22-8-14-27(34)15-9-22/h2-10,12-16,18-19,32-36H,11,17H2,1H3. The van der Waals surface area contributed by atoms with Gasteiger partial charge in [0.05, 0.1) is 5.76 Å². The van der Waals surface area contributed by atoms with Crippen molar-refractivity contribution in [3.05, 3.63) is 131 Å². The molecule has 4 aromatic rings. The Hall–Kier alpha value is -4.44. The molecule has 0 aromatic heterocycles. The van der Waals surface area contributed by atoms with Crippen molar-refractivity contribution in [3.63, 3.8) is 0 Å². The molecule has 4 aromatic carbocycles. The maximum atomic E-state index is 11.1. The molecule has 0 spiro atoms. The van der Waals surface area contributed by atoms with Crippen molar-refractivity contribution in [2.24, 2.45) is 0 Å². The first-order valence-electron chi connectivity index (χ1n) is 12.0. The second-order valence-corrected chi connectivity index (χ2v) is 9.28. The van der Waals surface area contributed by atoms with Crippen LogP contribution < -0.4 is 0 Å². The zero-order valence-electron chi connectivity index (χ0n) is 20.0. The molecule has 5 rings (SSSR count). The molecular formula is C32H28O4. The third-order valence-electron chi connectivity index (χ3n) is 6.79. The second-order valence-electron chi connectivity index (χ2n) is 9.28. The molecule has 1 aliphatic carbocycles. The minimum absolute atomic E-state index is 0.147. The van der Waals surface area contributed by atoms with Crippen LogP contribution in [0.3, 0.4) is 0 Å². The molecule has 1 aliphatic rings. The van der Waals surface area contributed by atoms with Crippen LogP contribution in [0.1, 0.15) is 41.0 Å². The molecule has 180 valence electrons. The van der Waals surface area contributed by atoms with Crippen molar-refractivity contribution >= 4 is 5.57 Å². The van der Waals surface area contributed by atoms with E-state index in [1.54, 1.807) is 30.3 Å². The fraction of sp³-hybridized carbons (Fsp3) is 0.125. The first-order chi connectivity index (χ1) is 17.4. The van der Waals surface area contributed by atoms with Gasteiger partial charge in [0.15, 0.2) is 0 Å². The molecule has 36 heavy (non-hydrogen) atoms. The highest BCUT2D eigenvalue weighted by Gasteiger charge is 2.27. The smallest absolute Gasteiger partial charge is 0.119 e. The van der Waals surface area contributed by atoms with Gasteiger partial charge in [-0.15, -0.1) is 0 Å². The predicted octanol–water partition coefficient (Wildman–Crippen LogP) is 7.60. The number of hydrogen-bond donors (Lipinski definition) is 4. The topological polar surface area (TPSA) is 80.9 Å². The number of phenols is 3. The number of rotatable bonds is 5. The van der Waals surface area contributed by atoms with Crippen LogP contribution in [0.5, 0.6) is 17.2 Å². The predicted molar refractivity (Wildman–Crippen MR) is 143 cm³/mol. The number of aryl methyl sites for hydroxylation is 1. The molecule has 0 heterocycles. The summed E-state index contributed by atoms with van der Waals surface area (Å²) in [7, 11) is 0. The van der Waals surface area contributed by atoms with Gasteiger partial charge in [-0.2, -0.15) is 0 Å². The molecular weight excluding hydrogens is 448 g/mol. The minimum Gasteiger partial charge on any atom is -0.512 e. The number of allylic oxidation sites excluding steroid dienone is 4. The van der Waals surface area contributed by atoms with E-state index in [2.05, 4.69) is 0 Å². The summed E-state index contributed by atoms with van der Waals surface area (Å²) in [6, 6.07) is 27.7. The lowest BCUT2D eigenvalue weighted by atomic mass is 9.78. The van der Waals surface area contributed by atoms with Crippen LogP contribution in [0.15, 0.2) is 108 Å². The van der Waals surface area contributed by atoms with E-state index in [-0.39, 0.29) is 17.2 Å². The Morgan fingerprint density at radius 2 is 1.19 bits per heavy atom. The normalized spacial score (nSPS) is 14.4. The fourth-order valence-electron chi connectivity index (χ4n) is 4.80. The van der Waals surface area contributed by atoms with Gasteiger partial charge < -0.3 is 20.4 Å². The quantitative estimate of drug-likeness (QED) is 0.239. The first-order valence-corrected chi connectivity index (χ1v) is 12.0. The highest BCUT2D eigenvalue weighted by atomic mass is 16.3. The van der Waals surface area contributed by atoms with Crippen molar-refractivity contribution in [1.29, 1.82) is 0 Å². The Morgan fingerprint density at radius 1 is 0.611 bits per heavy atom. The lowest BCUT2D eigenvalue weighted by Crippen LogP contribution is -2.10. The van der Waals surface area contributed by atoms with E-state index in [4.69, 9.17) is 0 Å². The van der Waals surface area contributed by atoms with Gasteiger partial charge in [0, 0.05) is 23.5 Å². The van der Waals surface area contributed by atoms with Crippen molar-refractivity contribution in [2.45, 2.75) is 25.7 Å². The van der Waals surface area contributed by atoms with Crippen molar-refractivity contribution in [1.82, 2.24) is 0 Å². The molecule has 1 unspecified atom stereocenters. The SMILES string of the molecule is Cc1ccc(C(C2=C(O)CCC(c3ccc(O)cc3)=C2)c2cc(-c3ccc(O)cc3)ccc2O)cc1. The van der Waals surface area contributed by atoms with Gasteiger partial charge in [0.25, 0.3) is 0 Å². The number of aliphatic hydroxyl groups is 1. The van der Waals surface area contributed by atoms with E-state index in [0.29, 0.717) is 24.2 Å². The van der Waals surface area contributed by atoms with Gasteiger partial charge in [0.2, 0.25) is 0 Å². The third kappa shape index (κ3) is 4.71. The summed E-state index contributed by atoms with van der Waals surface area (Å²) in [5, 5.41) is 41.6. The third-order valence-corrected chi connectivity index (χ3v) is 6.79. The van der Waals surface area contributed by atoms with Crippen LogP contribution in [-0.4, -0.2) is 20.4 Å². The van der Waals surface area contributed by atoms with Gasteiger partial charge in [-0.1, -0.05) is 66.2 Å². The van der Waals surface area contributed by atoms with Gasteiger partial charge in [0.1, 0.15) is 17.2 Å². The Labute approximate surface area is 210 Å². The summed E-state index contributed by atoms with van der Waals surface area (Å²) in [5.74, 6) is 0.461. The summed E-state index contributed by atoms with van der Waals surface area (Å²) in [6.45, 7) is 2.03. The number of benzene rings is 4. The average molecular weight is 477 g/mol. The van der Waals surface area contributed by atoms with Crippen LogP contribution in [0.25, 0.3) is 16.7 Å². The van der Waals surface area contributed by atoms with Crippen molar-refractivity contribution in [3.8, 4) is 28.4 Å². The van der Waals surface area contributed by atoms with Crippen LogP contribution in [0.2, 0.25) is 0 Å². The number of phenolic OH excluding ortho intramolecular Hbond substituents is 3. The maximum absolute atomic E-state index is 11.1. The monoisotopic (exact) mass is 476 g/mol. The van der Waals surface area contributed by atoms with Gasteiger partial charge in [-0.25, -0.2) is 0 Å². The zero-order chi connectivity index (χ0) is 25.2. The highest BCUT2D eigenvalue weighted by Crippen LogP contribution is 2.44. The van der Waals surface area contributed by atoms with Crippen molar-refractivity contribution < 1.29 is 20.4 Å². The summed E-state index contributed by atoms with van der Waals surface area (Å²) in [6.07, 6.45) is 3.19. The van der Waals surface area contributed by atoms with E-state index in [0.717, 1.165) is 39.0 Å². The summed E-state index contributed by atoms with van der Waals surface area (Å²) >= 11 is 0. The van der Waals surface area contributed by atoms with Crippen LogP contribution in [-0.2, 0) is 0 Å². The van der Waals surface area contributed by atoms with E-state index >= 15 is 0 Å². The summed E-state index contributed by atoms with van der Waals surface area (Å²) < 4.78 is 0. The lowest BCUT2D eigenvalue weighted by molar-refractivity contribution is 0.379. The molecule has 0 aliphatic heterocycles. The van der Waals surface area contributed by atoms with E-state index in [1.165, 1.54) is 0 Å². The zero-order valence-corrected chi connectivity index (χ0v) is 20.0. The lowest BCUT2D eigenvalue weighted by Gasteiger charge is -2.26. The molecule has 4 heteroatoms. The Bertz CT molecular complexity index is 1440. The van der Waals surface area contributed by atoms with Gasteiger partial charge in [-0.05, 0) is 77.6 Å². The summed E-state index contributed by atoms with van der Waals surface area (Å²) in [4.78, 5) is 0. The Morgan fingerprint density at radius 3 is 1.83 bits per heavy atom. The summed E-state index contributed by atoms with van der Waals surface area (Å²) in [5.41, 5.74) is 7.39. The minimum atomic E-state index is -0.393. The molecule has 0 bridgehead atoms. The van der Waals surface area contributed by atoms with Gasteiger partial charge in [-0.3, -0.25) is 0 Å². The van der Waals surface area contributed by atoms with Crippen LogP contribution in [0.4, 0.5) is 0 Å². The highest BCUT2D eigenvalue weighted by molar-refractivity contribution is 5.73. The molecule has 0 radical (unpaired) electrons. The molecule has 1 atom stereocenters. The first kappa shape index (κ1) is 23.3. The molecule has 4 N–H and O–H groups in total. The van der Waals surface area contributed by atoms with E-state index in [1.807, 2.05) is 73.7 Å². The van der Waals surface area contributed by atoms with Gasteiger partial charge >= 0.3 is 0 Å². The Balaban J connectivity index is 1.67. The second kappa shape index (κ2) is 9.67. The van der Waals surface area contributed by atoms with Crippen LogP contribution >= 0.6 is 0 Å². The number of aliphatic hydroxyl groups excluding tert-OH is 1. The number of aromatic hydroxyl groups is 3. The van der Waals surface area contributed by atoms with Crippen molar-refractivity contribution in [2.75, 3.05) is 0 Å². The maximum Gasteiger partial charge on any atom is 0.119 e. The molecule has 0 amide bonds. The Kier molecular flexibility index (Phi) is 6.26. The van der Waals surface area contributed by atoms with E-state index in [9.17, 15) is 20.4 Å². The molecule has 0 fully saturated rings. The van der Waals surface area contributed by atoms with E-state index < -0.39 is 5.92 Å². The molecule has 0 saturated heterocycles. The molecule has 0 saturated carbocycles.